The molecule has 2 atom stereocenters. The highest BCUT2D eigenvalue weighted by atomic mass is 16.5. The summed E-state index contributed by atoms with van der Waals surface area (Å²) in [6, 6.07) is 9.50. The molecule has 0 bridgehead atoms. The molecule has 0 saturated carbocycles. The summed E-state index contributed by atoms with van der Waals surface area (Å²) < 4.78 is 10.5. The Kier molecular flexibility index (Phi) is 5.58. The van der Waals surface area contributed by atoms with E-state index in [0.717, 1.165) is 16.5 Å². The molecule has 2 unspecified atom stereocenters. The maximum absolute atomic E-state index is 13.0. The first-order chi connectivity index (χ1) is 13.3. The third-order valence-corrected chi connectivity index (χ3v) is 4.86. The van der Waals surface area contributed by atoms with Crippen LogP contribution in [-0.4, -0.2) is 35.8 Å². The molecule has 0 amide bonds. The number of rotatable bonds is 4. The van der Waals surface area contributed by atoms with Gasteiger partial charge in [0, 0.05) is 28.9 Å². The number of pyridine rings is 1. The summed E-state index contributed by atoms with van der Waals surface area (Å²) in [5.74, 6) is -2.18. The van der Waals surface area contributed by atoms with Crippen molar-refractivity contribution in [2.24, 2.45) is 10.9 Å². The number of carbonyl (C=O) groups is 2. The van der Waals surface area contributed by atoms with Crippen molar-refractivity contribution in [2.75, 3.05) is 7.11 Å². The normalized spacial score (nSPS) is 19.6. The molecule has 0 aliphatic carbocycles. The minimum absolute atomic E-state index is 0.286. The molecule has 0 fully saturated rings. The van der Waals surface area contributed by atoms with Gasteiger partial charge in [-0.05, 0) is 45.4 Å². The molecule has 0 N–H and O–H groups in total. The first-order valence-electron chi connectivity index (χ1n) is 9.23. The Bertz CT molecular complexity index is 986. The Labute approximate surface area is 164 Å². The molecule has 1 aliphatic heterocycles. The van der Waals surface area contributed by atoms with Gasteiger partial charge in [0.05, 0.1) is 24.3 Å². The number of aliphatic imine (C=N–C) groups is 1. The number of esters is 2. The van der Waals surface area contributed by atoms with E-state index in [1.165, 1.54) is 7.11 Å². The Morgan fingerprint density at radius 1 is 1.11 bits per heavy atom. The van der Waals surface area contributed by atoms with Crippen LogP contribution in [0.5, 0.6) is 0 Å². The second kappa shape index (κ2) is 7.92. The van der Waals surface area contributed by atoms with Crippen LogP contribution in [0.3, 0.4) is 0 Å². The average molecular weight is 380 g/mol. The molecule has 1 aromatic heterocycles. The van der Waals surface area contributed by atoms with E-state index < -0.39 is 23.8 Å². The van der Waals surface area contributed by atoms with Crippen molar-refractivity contribution in [1.82, 2.24) is 4.98 Å². The van der Waals surface area contributed by atoms with Crippen molar-refractivity contribution in [3.8, 4) is 0 Å². The quantitative estimate of drug-likeness (QED) is 0.754. The minimum atomic E-state index is -0.714. The van der Waals surface area contributed by atoms with E-state index in [-0.39, 0.29) is 6.10 Å². The summed E-state index contributed by atoms with van der Waals surface area (Å²) in [6.45, 7) is 7.13. The van der Waals surface area contributed by atoms with Gasteiger partial charge in [-0.15, -0.1) is 0 Å². The molecule has 0 radical (unpaired) electrons. The van der Waals surface area contributed by atoms with E-state index >= 15 is 0 Å². The topological polar surface area (TPSA) is 77.8 Å². The van der Waals surface area contributed by atoms with Crippen LogP contribution in [0.25, 0.3) is 10.9 Å². The number of fused-ring (bicyclic) bond motifs is 1. The van der Waals surface area contributed by atoms with Gasteiger partial charge in [0.15, 0.2) is 0 Å². The number of allylic oxidation sites excluding steroid dienone is 1. The van der Waals surface area contributed by atoms with Crippen LogP contribution >= 0.6 is 0 Å². The largest absolute Gasteiger partial charge is 0.468 e. The number of carbonyl (C=O) groups excluding carboxylic acids is 2. The Hall–Kier alpha value is -3.02. The number of hydrogen-bond acceptors (Lipinski definition) is 6. The van der Waals surface area contributed by atoms with Crippen molar-refractivity contribution in [3.05, 3.63) is 53.4 Å². The van der Waals surface area contributed by atoms with Gasteiger partial charge in [0.2, 0.25) is 0 Å². The zero-order valence-electron chi connectivity index (χ0n) is 16.7. The SMILES string of the molecule is COC(=O)C1C(C)=NC(C)=C(C(=O)OC(C)C)C1c1ccnc2ccccc12. The van der Waals surface area contributed by atoms with Gasteiger partial charge in [-0.3, -0.25) is 14.8 Å². The summed E-state index contributed by atoms with van der Waals surface area (Å²) in [5, 5.41) is 0.876. The first-order valence-corrected chi connectivity index (χ1v) is 9.23. The van der Waals surface area contributed by atoms with Crippen LogP contribution in [0.15, 0.2) is 52.8 Å². The highest BCUT2D eigenvalue weighted by Crippen LogP contribution is 2.42. The fourth-order valence-corrected chi connectivity index (χ4v) is 3.74. The number of hydrogen-bond donors (Lipinski definition) is 0. The molecule has 3 rings (SSSR count). The molecule has 1 aliphatic rings. The highest BCUT2D eigenvalue weighted by Gasteiger charge is 2.43. The molecule has 2 aromatic rings. The molecule has 0 saturated heterocycles. The maximum atomic E-state index is 13.0. The average Bonchev–Trinajstić information content (AvgIpc) is 2.65. The van der Waals surface area contributed by atoms with Gasteiger partial charge in [-0.1, -0.05) is 18.2 Å². The van der Waals surface area contributed by atoms with E-state index in [1.54, 1.807) is 33.9 Å². The van der Waals surface area contributed by atoms with Crippen LogP contribution in [0.2, 0.25) is 0 Å². The van der Waals surface area contributed by atoms with Gasteiger partial charge >= 0.3 is 11.9 Å². The van der Waals surface area contributed by atoms with Crippen LogP contribution in [0.1, 0.15) is 39.2 Å². The van der Waals surface area contributed by atoms with Gasteiger partial charge in [0.1, 0.15) is 5.92 Å². The summed E-state index contributed by atoms with van der Waals surface area (Å²) in [7, 11) is 1.34. The third kappa shape index (κ3) is 3.54. The van der Waals surface area contributed by atoms with Crippen LogP contribution in [0.4, 0.5) is 0 Å². The number of aromatic nitrogens is 1. The molecule has 2 heterocycles. The molecule has 1 aromatic carbocycles. The Morgan fingerprint density at radius 2 is 1.82 bits per heavy atom. The standard InChI is InChI=1S/C22H24N2O4/c1-12(2)28-22(26)19-14(4)24-13(3)18(21(25)27-5)20(19)16-10-11-23-17-9-7-6-8-15(16)17/h6-12,18,20H,1-5H3. The Morgan fingerprint density at radius 3 is 2.50 bits per heavy atom. The maximum Gasteiger partial charge on any atom is 0.336 e. The van der Waals surface area contributed by atoms with Gasteiger partial charge < -0.3 is 9.47 Å². The molecule has 6 nitrogen and oxygen atoms in total. The lowest BCUT2D eigenvalue weighted by atomic mass is 9.75. The van der Waals surface area contributed by atoms with E-state index in [9.17, 15) is 9.59 Å². The number of nitrogens with zero attached hydrogens (tertiary/aromatic N) is 2. The predicted molar refractivity (Wildman–Crippen MR) is 107 cm³/mol. The monoisotopic (exact) mass is 380 g/mol. The molecule has 6 heteroatoms. The summed E-state index contributed by atoms with van der Waals surface area (Å²) in [6.07, 6.45) is 1.40. The second-order valence-electron chi connectivity index (χ2n) is 7.10. The molecular formula is C22H24N2O4. The summed E-state index contributed by atoms with van der Waals surface area (Å²) in [4.78, 5) is 34.6. The number of benzene rings is 1. The fourth-order valence-electron chi connectivity index (χ4n) is 3.74. The van der Waals surface area contributed by atoms with Gasteiger partial charge in [-0.25, -0.2) is 4.79 Å². The van der Waals surface area contributed by atoms with Crippen molar-refractivity contribution in [2.45, 2.75) is 39.7 Å². The van der Waals surface area contributed by atoms with Gasteiger partial charge in [0.25, 0.3) is 0 Å². The molecular weight excluding hydrogens is 356 g/mol. The molecule has 28 heavy (non-hydrogen) atoms. The first kappa shape index (κ1) is 19.7. The predicted octanol–water partition coefficient (Wildman–Crippen LogP) is 3.81. The third-order valence-electron chi connectivity index (χ3n) is 4.86. The number of methoxy groups -OCH3 is 1. The fraction of sp³-hybridized carbons (Fsp3) is 0.364. The van der Waals surface area contributed by atoms with Crippen molar-refractivity contribution >= 4 is 28.6 Å². The molecule has 146 valence electrons. The van der Waals surface area contributed by atoms with Crippen LogP contribution in [0, 0.1) is 5.92 Å². The van der Waals surface area contributed by atoms with Crippen molar-refractivity contribution in [1.29, 1.82) is 0 Å². The Balaban J connectivity index is 2.27. The number of para-hydroxylation sites is 1. The van der Waals surface area contributed by atoms with Crippen LogP contribution < -0.4 is 0 Å². The van der Waals surface area contributed by atoms with Crippen molar-refractivity contribution in [3.63, 3.8) is 0 Å². The summed E-state index contributed by atoms with van der Waals surface area (Å²) >= 11 is 0. The van der Waals surface area contributed by atoms with Crippen molar-refractivity contribution < 1.29 is 19.1 Å². The van der Waals surface area contributed by atoms with E-state index in [2.05, 4.69) is 9.98 Å². The second-order valence-corrected chi connectivity index (χ2v) is 7.10. The smallest absolute Gasteiger partial charge is 0.336 e. The van der Waals surface area contributed by atoms with Crippen LogP contribution in [-0.2, 0) is 19.1 Å². The zero-order valence-corrected chi connectivity index (χ0v) is 16.7. The van der Waals surface area contributed by atoms with E-state index in [0.29, 0.717) is 17.0 Å². The molecule has 0 spiro atoms. The zero-order chi connectivity index (χ0) is 20.4. The highest BCUT2D eigenvalue weighted by molar-refractivity contribution is 6.07. The number of ether oxygens (including phenoxy) is 2. The van der Waals surface area contributed by atoms with E-state index in [4.69, 9.17) is 9.47 Å². The lowest BCUT2D eigenvalue weighted by molar-refractivity contribution is -0.145. The lowest BCUT2D eigenvalue weighted by Gasteiger charge is -2.32. The minimum Gasteiger partial charge on any atom is -0.468 e. The van der Waals surface area contributed by atoms with Gasteiger partial charge in [-0.2, -0.15) is 0 Å². The summed E-state index contributed by atoms with van der Waals surface area (Å²) in [5.41, 5.74) is 3.15. The lowest BCUT2D eigenvalue weighted by Crippen LogP contribution is -2.36. The van der Waals surface area contributed by atoms with E-state index in [1.807, 2.05) is 30.3 Å².